The topological polar surface area (TPSA) is 37.3 Å². The van der Waals surface area contributed by atoms with E-state index in [9.17, 15) is 9.90 Å². The van der Waals surface area contributed by atoms with Gasteiger partial charge in [0.1, 0.15) is 0 Å². The molecule has 2 heteroatoms. The molecule has 2 aliphatic rings. The normalized spacial score (nSPS) is 34.9. The van der Waals surface area contributed by atoms with Gasteiger partial charge in [-0.3, -0.25) is 4.79 Å². The number of ketones is 1. The Hall–Kier alpha value is -0.890. The molecule has 0 aromatic rings. The standard InChI is InChI=1S/C14H20O2/c1-8(2)10-4-5-11-12(6-10)9(3)13(15)7-14(11)16/h10-11,14,16H,1,4-7H2,2-3H3. The minimum Gasteiger partial charge on any atom is -0.392 e. The molecule has 0 aromatic heterocycles. The van der Waals surface area contributed by atoms with Crippen molar-refractivity contribution in [3.05, 3.63) is 23.3 Å². The van der Waals surface area contributed by atoms with Crippen molar-refractivity contribution in [1.82, 2.24) is 0 Å². The molecule has 1 N–H and O–H groups in total. The predicted octanol–water partition coefficient (Wildman–Crippen LogP) is 2.63. The van der Waals surface area contributed by atoms with Gasteiger partial charge in [0.05, 0.1) is 6.10 Å². The number of Topliss-reactive ketones (excluding diaryl/α,β-unsaturated/α-hetero) is 1. The van der Waals surface area contributed by atoms with Gasteiger partial charge in [-0.05, 0) is 44.6 Å². The zero-order valence-corrected chi connectivity index (χ0v) is 10.1. The van der Waals surface area contributed by atoms with Crippen LogP contribution in [0, 0.1) is 11.8 Å². The zero-order chi connectivity index (χ0) is 11.9. The minimum absolute atomic E-state index is 0.126. The van der Waals surface area contributed by atoms with Crippen LogP contribution >= 0.6 is 0 Å². The Balaban J connectivity index is 2.29. The molecule has 1 fully saturated rings. The van der Waals surface area contributed by atoms with Crippen molar-refractivity contribution in [3.8, 4) is 0 Å². The van der Waals surface area contributed by atoms with Gasteiger partial charge in [0.25, 0.3) is 0 Å². The summed E-state index contributed by atoms with van der Waals surface area (Å²) in [5.74, 6) is 0.855. The van der Waals surface area contributed by atoms with Crippen molar-refractivity contribution >= 4 is 5.78 Å². The van der Waals surface area contributed by atoms with Crippen molar-refractivity contribution in [2.75, 3.05) is 0 Å². The summed E-state index contributed by atoms with van der Waals surface area (Å²) in [6.07, 6.45) is 2.89. The summed E-state index contributed by atoms with van der Waals surface area (Å²) in [6.45, 7) is 7.98. The van der Waals surface area contributed by atoms with Crippen LogP contribution in [-0.4, -0.2) is 17.0 Å². The van der Waals surface area contributed by atoms with E-state index in [1.54, 1.807) is 0 Å². The second-order valence-electron chi connectivity index (χ2n) is 5.28. The number of carbonyl (C=O) groups is 1. The van der Waals surface area contributed by atoms with E-state index in [1.807, 2.05) is 6.92 Å². The smallest absolute Gasteiger partial charge is 0.161 e. The number of hydrogen-bond donors (Lipinski definition) is 1. The molecule has 88 valence electrons. The highest BCUT2D eigenvalue weighted by atomic mass is 16.3. The van der Waals surface area contributed by atoms with Crippen LogP contribution in [0.2, 0.25) is 0 Å². The summed E-state index contributed by atoms with van der Waals surface area (Å²) >= 11 is 0. The highest BCUT2D eigenvalue weighted by Crippen LogP contribution is 2.42. The molecular formula is C14H20O2. The lowest BCUT2D eigenvalue weighted by molar-refractivity contribution is -0.119. The number of aliphatic hydroxyl groups excluding tert-OH is 1. The number of aliphatic hydroxyl groups is 1. The third kappa shape index (κ3) is 1.86. The number of hydrogen-bond acceptors (Lipinski definition) is 2. The highest BCUT2D eigenvalue weighted by molar-refractivity contribution is 5.97. The van der Waals surface area contributed by atoms with Crippen LogP contribution in [0.5, 0.6) is 0 Å². The highest BCUT2D eigenvalue weighted by Gasteiger charge is 2.37. The van der Waals surface area contributed by atoms with Crippen LogP contribution in [-0.2, 0) is 4.79 Å². The Morgan fingerprint density at radius 2 is 2.06 bits per heavy atom. The largest absolute Gasteiger partial charge is 0.392 e. The maximum absolute atomic E-state index is 11.7. The SMILES string of the molecule is C=C(C)C1CCC2C(=C(C)C(=O)CC2O)C1. The maximum Gasteiger partial charge on any atom is 0.161 e. The fraction of sp³-hybridized carbons (Fsp3) is 0.643. The minimum atomic E-state index is -0.447. The molecule has 0 saturated heterocycles. The molecule has 0 bridgehead atoms. The Morgan fingerprint density at radius 1 is 1.38 bits per heavy atom. The average molecular weight is 220 g/mol. The number of allylic oxidation sites excluding steroid dienone is 2. The molecule has 2 nitrogen and oxygen atoms in total. The lowest BCUT2D eigenvalue weighted by Crippen LogP contribution is -2.35. The number of fused-ring (bicyclic) bond motifs is 1. The van der Waals surface area contributed by atoms with Gasteiger partial charge >= 0.3 is 0 Å². The predicted molar refractivity (Wildman–Crippen MR) is 64.0 cm³/mol. The number of rotatable bonds is 1. The van der Waals surface area contributed by atoms with E-state index in [1.165, 1.54) is 11.1 Å². The first kappa shape index (κ1) is 11.6. The van der Waals surface area contributed by atoms with Crippen LogP contribution in [0.15, 0.2) is 23.3 Å². The van der Waals surface area contributed by atoms with Gasteiger partial charge in [-0.25, -0.2) is 0 Å². The second-order valence-corrected chi connectivity index (χ2v) is 5.28. The molecule has 0 aliphatic heterocycles. The van der Waals surface area contributed by atoms with Crippen LogP contribution in [0.25, 0.3) is 0 Å². The van der Waals surface area contributed by atoms with E-state index >= 15 is 0 Å². The summed E-state index contributed by atoms with van der Waals surface area (Å²) in [6, 6.07) is 0. The van der Waals surface area contributed by atoms with Gasteiger partial charge in [0.15, 0.2) is 5.78 Å². The molecule has 3 atom stereocenters. The molecule has 2 rings (SSSR count). The van der Waals surface area contributed by atoms with Crippen LogP contribution < -0.4 is 0 Å². The fourth-order valence-corrected chi connectivity index (χ4v) is 3.01. The molecule has 0 spiro atoms. The first-order chi connectivity index (χ1) is 7.50. The molecular weight excluding hydrogens is 200 g/mol. The Kier molecular flexibility index (Phi) is 3.02. The third-order valence-electron chi connectivity index (χ3n) is 4.20. The maximum atomic E-state index is 11.7. The van der Waals surface area contributed by atoms with Crippen molar-refractivity contribution in [3.63, 3.8) is 0 Å². The molecule has 0 radical (unpaired) electrons. The van der Waals surface area contributed by atoms with E-state index in [-0.39, 0.29) is 11.7 Å². The zero-order valence-electron chi connectivity index (χ0n) is 10.1. The summed E-state index contributed by atoms with van der Waals surface area (Å²) < 4.78 is 0. The molecule has 16 heavy (non-hydrogen) atoms. The summed E-state index contributed by atoms with van der Waals surface area (Å²) in [4.78, 5) is 11.7. The van der Waals surface area contributed by atoms with Crippen molar-refractivity contribution in [2.24, 2.45) is 11.8 Å². The van der Waals surface area contributed by atoms with E-state index in [2.05, 4.69) is 13.5 Å². The van der Waals surface area contributed by atoms with Crippen molar-refractivity contribution in [1.29, 1.82) is 0 Å². The van der Waals surface area contributed by atoms with Crippen LogP contribution in [0.4, 0.5) is 0 Å². The van der Waals surface area contributed by atoms with Gasteiger partial charge in [-0.2, -0.15) is 0 Å². The summed E-state index contributed by atoms with van der Waals surface area (Å²) in [7, 11) is 0. The van der Waals surface area contributed by atoms with E-state index in [4.69, 9.17) is 0 Å². The molecule has 0 heterocycles. The number of carbonyl (C=O) groups excluding carboxylic acids is 1. The third-order valence-corrected chi connectivity index (χ3v) is 4.20. The van der Waals surface area contributed by atoms with Gasteiger partial charge in [-0.15, -0.1) is 0 Å². The molecule has 3 unspecified atom stereocenters. The molecule has 2 aliphatic carbocycles. The van der Waals surface area contributed by atoms with Gasteiger partial charge in [-0.1, -0.05) is 17.7 Å². The first-order valence-corrected chi connectivity index (χ1v) is 6.07. The monoisotopic (exact) mass is 220 g/mol. The van der Waals surface area contributed by atoms with E-state index < -0.39 is 6.10 Å². The molecule has 0 amide bonds. The molecule has 1 saturated carbocycles. The lowest BCUT2D eigenvalue weighted by Gasteiger charge is -2.38. The van der Waals surface area contributed by atoms with Gasteiger partial charge in [0.2, 0.25) is 0 Å². The lowest BCUT2D eigenvalue weighted by atomic mass is 9.68. The summed E-state index contributed by atoms with van der Waals surface area (Å²) in [5, 5.41) is 9.94. The van der Waals surface area contributed by atoms with Crippen LogP contribution in [0.1, 0.15) is 39.5 Å². The second kappa shape index (κ2) is 4.17. The first-order valence-electron chi connectivity index (χ1n) is 6.07. The fourth-order valence-electron chi connectivity index (χ4n) is 3.01. The summed E-state index contributed by atoms with van der Waals surface area (Å²) in [5.41, 5.74) is 3.30. The Labute approximate surface area is 97.0 Å². The van der Waals surface area contributed by atoms with Gasteiger partial charge in [0, 0.05) is 12.3 Å². The van der Waals surface area contributed by atoms with Crippen LogP contribution in [0.3, 0.4) is 0 Å². The van der Waals surface area contributed by atoms with Crippen molar-refractivity contribution < 1.29 is 9.90 Å². The quantitative estimate of drug-likeness (QED) is 0.690. The average Bonchev–Trinajstić information content (AvgIpc) is 2.25. The van der Waals surface area contributed by atoms with Crippen molar-refractivity contribution in [2.45, 2.75) is 45.6 Å². The Bertz CT molecular complexity index is 365. The van der Waals surface area contributed by atoms with Gasteiger partial charge < -0.3 is 5.11 Å². The van der Waals surface area contributed by atoms with E-state index in [0.29, 0.717) is 12.3 Å². The Morgan fingerprint density at radius 3 is 2.69 bits per heavy atom. The van der Waals surface area contributed by atoms with E-state index in [0.717, 1.165) is 24.8 Å². The molecule has 0 aromatic carbocycles.